The van der Waals surface area contributed by atoms with Gasteiger partial charge in [-0.2, -0.15) is 9.97 Å². The molecule has 0 aliphatic carbocycles. The van der Waals surface area contributed by atoms with Crippen LogP contribution in [0.15, 0.2) is 41.3 Å². The van der Waals surface area contributed by atoms with E-state index in [0.717, 1.165) is 30.8 Å². The van der Waals surface area contributed by atoms with Crippen LogP contribution in [0.4, 0.5) is 29.0 Å². The molecule has 0 unspecified atom stereocenters. The Hall–Kier alpha value is -3.34. The molecule has 1 aromatic carbocycles. The van der Waals surface area contributed by atoms with Gasteiger partial charge in [0.15, 0.2) is 0 Å². The highest BCUT2D eigenvalue weighted by molar-refractivity contribution is 9.10. The summed E-state index contributed by atoms with van der Waals surface area (Å²) in [5, 5.41) is 7.19. The van der Waals surface area contributed by atoms with Crippen LogP contribution in [-0.4, -0.2) is 72.7 Å². The molecule has 4 aromatic rings. The fourth-order valence-electron chi connectivity index (χ4n) is 4.35. The van der Waals surface area contributed by atoms with Crippen molar-refractivity contribution in [3.05, 3.63) is 46.8 Å². The van der Waals surface area contributed by atoms with Gasteiger partial charge in [-0.3, -0.25) is 9.97 Å². The van der Waals surface area contributed by atoms with Crippen LogP contribution in [0.5, 0.6) is 5.88 Å². The van der Waals surface area contributed by atoms with E-state index in [4.69, 9.17) is 19.4 Å². The van der Waals surface area contributed by atoms with E-state index in [2.05, 4.69) is 53.3 Å². The van der Waals surface area contributed by atoms with Crippen LogP contribution in [0.3, 0.4) is 0 Å². The molecule has 0 fully saturated rings. The van der Waals surface area contributed by atoms with E-state index in [0.29, 0.717) is 56.4 Å². The highest BCUT2D eigenvalue weighted by Crippen LogP contribution is 2.41. The third-order valence-corrected chi connectivity index (χ3v) is 8.33. The van der Waals surface area contributed by atoms with Crippen molar-refractivity contribution in [1.82, 2.24) is 24.9 Å². The number of aromatic nitrogens is 5. The van der Waals surface area contributed by atoms with Crippen LogP contribution in [-0.2, 0) is 15.7 Å². The lowest BCUT2D eigenvalue weighted by Crippen LogP contribution is -2.22. The first-order valence-corrected chi connectivity index (χ1v) is 16.2. The molecule has 0 aliphatic heterocycles. The number of pyridine rings is 1. The van der Waals surface area contributed by atoms with Crippen LogP contribution in [0.2, 0.25) is 0 Å². The molecule has 0 spiro atoms. The van der Waals surface area contributed by atoms with E-state index in [1.54, 1.807) is 46.1 Å². The SMILES string of the molecule is CCc1cc(Nc2ncc(Br)c(Nc3ccc4nccnc4c3P(C)(C)=O)n2)c(OC)nc1N(C)CCCOC. The van der Waals surface area contributed by atoms with Gasteiger partial charge in [0.1, 0.15) is 30.0 Å². The van der Waals surface area contributed by atoms with Crippen LogP contribution < -0.4 is 25.6 Å². The summed E-state index contributed by atoms with van der Waals surface area (Å²) in [5.41, 5.74) is 3.62. The average molecular weight is 629 g/mol. The van der Waals surface area contributed by atoms with Gasteiger partial charge in [0, 0.05) is 45.9 Å². The van der Waals surface area contributed by atoms with E-state index in [-0.39, 0.29) is 0 Å². The Labute approximate surface area is 242 Å². The Bertz CT molecular complexity index is 1550. The van der Waals surface area contributed by atoms with E-state index in [1.165, 1.54) is 0 Å². The maximum Gasteiger partial charge on any atom is 0.239 e. The molecule has 0 saturated heterocycles. The maximum absolute atomic E-state index is 13.3. The van der Waals surface area contributed by atoms with Crippen molar-refractivity contribution in [2.45, 2.75) is 19.8 Å². The number of aryl methyl sites for hydroxylation is 1. The first kappa shape index (κ1) is 29.6. The Kier molecular flexibility index (Phi) is 9.55. The number of nitrogens with one attached hydrogen (secondary N) is 2. The number of hydrogen-bond acceptors (Lipinski definition) is 11. The minimum Gasteiger partial charge on any atom is -0.479 e. The normalized spacial score (nSPS) is 11.5. The molecule has 11 nitrogen and oxygen atoms in total. The third-order valence-electron chi connectivity index (χ3n) is 6.22. The smallest absolute Gasteiger partial charge is 0.239 e. The van der Waals surface area contributed by atoms with E-state index >= 15 is 0 Å². The summed E-state index contributed by atoms with van der Waals surface area (Å²) < 4.78 is 24.8. The molecular weight excluding hydrogens is 595 g/mol. The van der Waals surface area contributed by atoms with Gasteiger partial charge in [0.2, 0.25) is 11.8 Å². The molecule has 0 bridgehead atoms. The monoisotopic (exact) mass is 628 g/mol. The first-order valence-electron chi connectivity index (χ1n) is 12.8. The van der Waals surface area contributed by atoms with Gasteiger partial charge in [-0.1, -0.05) is 6.92 Å². The second-order valence-corrected chi connectivity index (χ2v) is 13.5. The van der Waals surface area contributed by atoms with E-state index in [1.807, 2.05) is 25.2 Å². The standard InChI is InChI=1S/C27H34BrN8O3P/c1-7-17-15-21(26(39-4)35-25(17)36(2)13-8-14-38-3)33-27-31-16-18(28)24(34-27)32-20-10-9-19-22(30-12-11-29-19)23(20)40(5,6)37/h9-12,15-16H,7-8,13-14H2,1-6H3,(H2,31,32,33,34). The Balaban J connectivity index is 1.67. The molecule has 0 radical (unpaired) electrons. The maximum atomic E-state index is 13.3. The lowest BCUT2D eigenvalue weighted by Gasteiger charge is -2.23. The largest absolute Gasteiger partial charge is 0.479 e. The summed E-state index contributed by atoms with van der Waals surface area (Å²) in [6.45, 7) is 7.00. The number of nitrogens with zero attached hydrogens (tertiary/aromatic N) is 6. The fraction of sp³-hybridized carbons (Fsp3) is 0.370. The molecule has 212 valence electrons. The van der Waals surface area contributed by atoms with E-state index in [9.17, 15) is 4.57 Å². The molecular formula is C27H34BrN8O3P. The minimum atomic E-state index is -2.74. The highest BCUT2D eigenvalue weighted by Gasteiger charge is 2.23. The van der Waals surface area contributed by atoms with Gasteiger partial charge in [-0.25, -0.2) is 4.98 Å². The number of hydrogen-bond donors (Lipinski definition) is 2. The zero-order valence-electron chi connectivity index (χ0n) is 23.5. The Morgan fingerprint density at radius 3 is 2.52 bits per heavy atom. The number of benzene rings is 1. The highest BCUT2D eigenvalue weighted by atomic mass is 79.9. The minimum absolute atomic E-state index is 0.340. The van der Waals surface area contributed by atoms with E-state index < -0.39 is 7.14 Å². The van der Waals surface area contributed by atoms with Gasteiger partial charge >= 0.3 is 0 Å². The Morgan fingerprint density at radius 1 is 1.05 bits per heavy atom. The fourth-order valence-corrected chi connectivity index (χ4v) is 6.03. The first-order chi connectivity index (χ1) is 19.2. The predicted molar refractivity (Wildman–Crippen MR) is 165 cm³/mol. The van der Waals surface area contributed by atoms with Crippen molar-refractivity contribution in [3.8, 4) is 5.88 Å². The summed E-state index contributed by atoms with van der Waals surface area (Å²) in [6.07, 6.45) is 6.54. The molecule has 3 aromatic heterocycles. The predicted octanol–water partition coefficient (Wildman–Crippen LogP) is 5.36. The number of methoxy groups -OCH3 is 2. The number of fused-ring (bicyclic) bond motifs is 1. The lowest BCUT2D eigenvalue weighted by molar-refractivity contribution is 0.196. The number of halogens is 1. The number of rotatable bonds is 12. The van der Waals surface area contributed by atoms with Gasteiger partial charge in [0.05, 0.1) is 28.1 Å². The Morgan fingerprint density at radius 2 is 1.82 bits per heavy atom. The molecule has 40 heavy (non-hydrogen) atoms. The van der Waals surface area contributed by atoms with Crippen molar-refractivity contribution in [2.24, 2.45) is 0 Å². The summed E-state index contributed by atoms with van der Waals surface area (Å²) in [6, 6.07) is 5.70. The van der Waals surface area contributed by atoms with Gasteiger partial charge in [-0.15, -0.1) is 0 Å². The molecule has 0 amide bonds. The summed E-state index contributed by atoms with van der Waals surface area (Å²) in [5.74, 6) is 2.12. The lowest BCUT2D eigenvalue weighted by atomic mass is 10.1. The van der Waals surface area contributed by atoms with Crippen molar-refractivity contribution in [2.75, 3.05) is 63.3 Å². The zero-order chi connectivity index (χ0) is 28.9. The number of ether oxygens (including phenoxy) is 2. The van der Waals surface area contributed by atoms with Crippen molar-refractivity contribution in [3.63, 3.8) is 0 Å². The van der Waals surface area contributed by atoms with Gasteiger partial charge in [0.25, 0.3) is 0 Å². The molecule has 0 saturated carbocycles. The third kappa shape index (κ3) is 6.68. The van der Waals surface area contributed by atoms with Crippen molar-refractivity contribution >= 4 is 68.4 Å². The average Bonchev–Trinajstić information content (AvgIpc) is 2.93. The van der Waals surface area contributed by atoms with Gasteiger partial charge in [-0.05, 0) is 65.9 Å². The quantitative estimate of drug-likeness (QED) is 0.155. The molecule has 2 N–H and O–H groups in total. The topological polar surface area (TPSA) is 127 Å². The van der Waals surface area contributed by atoms with Crippen LogP contribution in [0, 0.1) is 0 Å². The zero-order valence-corrected chi connectivity index (χ0v) is 26.0. The molecule has 13 heteroatoms. The summed E-state index contributed by atoms with van der Waals surface area (Å²) in [7, 11) is 2.56. The molecule has 0 aliphatic rings. The molecule has 4 rings (SSSR count). The second-order valence-electron chi connectivity index (χ2n) is 9.53. The molecule has 0 atom stereocenters. The van der Waals surface area contributed by atoms with Gasteiger partial charge < -0.3 is 29.6 Å². The van der Waals surface area contributed by atoms with Crippen molar-refractivity contribution < 1.29 is 14.0 Å². The summed E-state index contributed by atoms with van der Waals surface area (Å²) >= 11 is 3.54. The molecule has 3 heterocycles. The summed E-state index contributed by atoms with van der Waals surface area (Å²) in [4.78, 5) is 24.8. The van der Waals surface area contributed by atoms with Crippen LogP contribution >= 0.6 is 23.1 Å². The van der Waals surface area contributed by atoms with Crippen LogP contribution in [0.25, 0.3) is 11.0 Å². The van der Waals surface area contributed by atoms with Crippen molar-refractivity contribution in [1.29, 1.82) is 0 Å². The second kappa shape index (κ2) is 12.9. The van der Waals surface area contributed by atoms with Crippen LogP contribution in [0.1, 0.15) is 18.9 Å². The number of anilines is 5.